The van der Waals surface area contributed by atoms with Gasteiger partial charge in [0.05, 0.1) is 19.8 Å². The molecule has 1 N–H and O–H groups in total. The molecule has 2 aliphatic rings. The molecule has 0 bridgehead atoms. The van der Waals surface area contributed by atoms with E-state index in [-0.39, 0.29) is 17.5 Å². The Hall–Kier alpha value is -2.94. The van der Waals surface area contributed by atoms with E-state index in [0.29, 0.717) is 68.7 Å². The number of benzene rings is 2. The van der Waals surface area contributed by atoms with Crippen LogP contribution in [0.2, 0.25) is 0 Å². The van der Waals surface area contributed by atoms with Gasteiger partial charge in [0.1, 0.15) is 24.7 Å². The summed E-state index contributed by atoms with van der Waals surface area (Å²) >= 11 is 0. The number of hydrogen-bond donors (Lipinski definition) is 1. The molecule has 0 saturated carbocycles. The zero-order valence-corrected chi connectivity index (χ0v) is 23.8. The number of carbonyl (C=O) groups is 2. The summed E-state index contributed by atoms with van der Waals surface area (Å²) in [5, 5.41) is 11.5. The Labute approximate surface area is 237 Å². The average Bonchev–Trinajstić information content (AvgIpc) is 3.42. The van der Waals surface area contributed by atoms with Crippen molar-refractivity contribution in [3.8, 4) is 17.2 Å². The van der Waals surface area contributed by atoms with Crippen molar-refractivity contribution in [3.63, 3.8) is 0 Å². The Morgan fingerprint density at radius 2 is 1.75 bits per heavy atom. The SMILES string of the molecule is COCC1CCCN1C[C@@H](CC(=O)CCCCCC(=O)c1ccc(OC)cc1)C(O)c1ccc2c(c1)OCCO2. The maximum Gasteiger partial charge on any atom is 0.162 e. The topological polar surface area (TPSA) is 94.5 Å². The monoisotopic (exact) mass is 553 g/mol. The van der Waals surface area contributed by atoms with Gasteiger partial charge in [0, 0.05) is 50.4 Å². The molecule has 0 amide bonds. The van der Waals surface area contributed by atoms with Gasteiger partial charge >= 0.3 is 0 Å². The Morgan fingerprint density at radius 3 is 2.50 bits per heavy atom. The minimum Gasteiger partial charge on any atom is -0.497 e. The first-order valence-electron chi connectivity index (χ1n) is 14.5. The molecule has 2 heterocycles. The highest BCUT2D eigenvalue weighted by molar-refractivity contribution is 5.96. The largest absolute Gasteiger partial charge is 0.497 e. The molecule has 1 saturated heterocycles. The summed E-state index contributed by atoms with van der Waals surface area (Å²) in [6.07, 6.45) is 4.84. The molecule has 1 fully saturated rings. The Bertz CT molecular complexity index is 1100. The van der Waals surface area contributed by atoms with Crippen LogP contribution in [0.1, 0.15) is 73.4 Å². The van der Waals surface area contributed by atoms with Crippen molar-refractivity contribution in [1.29, 1.82) is 0 Å². The van der Waals surface area contributed by atoms with Crippen LogP contribution >= 0.6 is 0 Å². The second-order valence-electron chi connectivity index (χ2n) is 10.8. The van der Waals surface area contributed by atoms with E-state index in [9.17, 15) is 14.7 Å². The van der Waals surface area contributed by atoms with Gasteiger partial charge in [-0.05, 0) is 74.2 Å². The second kappa shape index (κ2) is 15.2. The van der Waals surface area contributed by atoms with E-state index in [1.165, 1.54) is 0 Å². The highest BCUT2D eigenvalue weighted by Crippen LogP contribution is 2.36. The normalized spacial score (nSPS) is 18.3. The number of ether oxygens (including phenoxy) is 4. The number of Topliss-reactive ketones (excluding diaryl/α,β-unsaturated/α-hetero) is 2. The van der Waals surface area contributed by atoms with Crippen LogP contribution in [-0.4, -0.2) is 74.7 Å². The molecule has 2 aromatic rings. The fourth-order valence-electron chi connectivity index (χ4n) is 5.71. The summed E-state index contributed by atoms with van der Waals surface area (Å²) in [7, 11) is 3.32. The first-order chi connectivity index (χ1) is 19.5. The number of carbonyl (C=O) groups excluding carboxylic acids is 2. The lowest BCUT2D eigenvalue weighted by Crippen LogP contribution is -2.39. The van der Waals surface area contributed by atoms with Crippen molar-refractivity contribution >= 4 is 11.6 Å². The molecule has 0 aromatic heterocycles. The molecule has 8 nitrogen and oxygen atoms in total. The Kier molecular flexibility index (Phi) is 11.4. The maximum absolute atomic E-state index is 13.1. The van der Waals surface area contributed by atoms with Gasteiger partial charge in [-0.3, -0.25) is 14.5 Å². The van der Waals surface area contributed by atoms with Crippen LogP contribution in [0, 0.1) is 5.92 Å². The molecule has 8 heteroatoms. The summed E-state index contributed by atoms with van der Waals surface area (Å²) in [6, 6.07) is 13.0. The number of ketones is 2. The number of hydrogen-bond acceptors (Lipinski definition) is 8. The summed E-state index contributed by atoms with van der Waals surface area (Å²) in [4.78, 5) is 27.9. The second-order valence-corrected chi connectivity index (χ2v) is 10.8. The fraction of sp³-hybridized carbons (Fsp3) is 0.562. The lowest BCUT2D eigenvalue weighted by Gasteiger charge is -2.31. The number of methoxy groups -OCH3 is 2. The van der Waals surface area contributed by atoms with Crippen LogP contribution in [0.3, 0.4) is 0 Å². The third kappa shape index (κ3) is 8.29. The molecule has 2 aromatic carbocycles. The van der Waals surface area contributed by atoms with Crippen LogP contribution in [0.25, 0.3) is 0 Å². The van der Waals surface area contributed by atoms with Crippen molar-refractivity contribution in [1.82, 2.24) is 4.90 Å². The van der Waals surface area contributed by atoms with Gasteiger partial charge in [0.2, 0.25) is 0 Å². The lowest BCUT2D eigenvalue weighted by molar-refractivity contribution is -0.121. The molecule has 4 rings (SSSR count). The number of likely N-dealkylation sites (tertiary alicyclic amines) is 1. The van der Waals surface area contributed by atoms with Gasteiger partial charge in [-0.25, -0.2) is 0 Å². The molecule has 0 radical (unpaired) electrons. The standard InChI is InChI=1S/C32H43NO7/c1-37-22-26-7-6-16-33(26)21-25(32(36)24-12-15-30-31(20-24)40-18-17-39-30)19-27(34)8-4-3-5-9-29(35)23-10-13-28(38-2)14-11-23/h10-15,20,25-26,32,36H,3-9,16-19,21-22H2,1-2H3/t25-,26?,32?/m1/s1. The first kappa shape index (κ1) is 30.0. The van der Waals surface area contributed by atoms with Crippen LogP contribution in [-0.2, 0) is 9.53 Å². The van der Waals surface area contributed by atoms with Gasteiger partial charge in [-0.2, -0.15) is 0 Å². The number of nitrogens with zero attached hydrogens (tertiary/aromatic N) is 1. The van der Waals surface area contributed by atoms with E-state index < -0.39 is 6.10 Å². The van der Waals surface area contributed by atoms with E-state index >= 15 is 0 Å². The highest BCUT2D eigenvalue weighted by Gasteiger charge is 2.32. The minimum atomic E-state index is -0.800. The smallest absolute Gasteiger partial charge is 0.162 e. The molecular formula is C32H43NO7. The predicted octanol–water partition coefficient (Wildman–Crippen LogP) is 5.02. The number of aliphatic hydroxyl groups excluding tert-OH is 1. The molecule has 40 heavy (non-hydrogen) atoms. The van der Waals surface area contributed by atoms with Crippen molar-refractivity contribution in [2.24, 2.45) is 5.92 Å². The molecule has 2 unspecified atom stereocenters. The van der Waals surface area contributed by atoms with Crippen molar-refractivity contribution in [3.05, 3.63) is 53.6 Å². The van der Waals surface area contributed by atoms with E-state index in [1.807, 2.05) is 18.2 Å². The van der Waals surface area contributed by atoms with E-state index in [1.54, 1.807) is 38.5 Å². The third-order valence-electron chi connectivity index (χ3n) is 7.94. The van der Waals surface area contributed by atoms with Gasteiger partial charge in [-0.1, -0.05) is 12.5 Å². The maximum atomic E-state index is 13.1. The van der Waals surface area contributed by atoms with Crippen molar-refractivity contribution in [2.75, 3.05) is 47.1 Å². The summed E-state index contributed by atoms with van der Waals surface area (Å²) < 4.78 is 21.9. The molecular weight excluding hydrogens is 510 g/mol. The zero-order valence-electron chi connectivity index (χ0n) is 23.8. The fourth-order valence-corrected chi connectivity index (χ4v) is 5.71. The van der Waals surface area contributed by atoms with Gasteiger partial charge < -0.3 is 24.1 Å². The van der Waals surface area contributed by atoms with Crippen LogP contribution < -0.4 is 14.2 Å². The molecule has 2 aliphatic heterocycles. The van der Waals surface area contributed by atoms with Crippen molar-refractivity contribution < 1.29 is 33.6 Å². The zero-order chi connectivity index (χ0) is 28.3. The lowest BCUT2D eigenvalue weighted by atomic mass is 9.89. The number of rotatable bonds is 16. The quantitative estimate of drug-likeness (QED) is 0.229. The van der Waals surface area contributed by atoms with E-state index in [4.69, 9.17) is 18.9 Å². The number of unbranched alkanes of at least 4 members (excludes halogenated alkanes) is 2. The molecule has 218 valence electrons. The Morgan fingerprint density at radius 1 is 1.00 bits per heavy atom. The first-order valence-corrected chi connectivity index (χ1v) is 14.5. The van der Waals surface area contributed by atoms with Crippen LogP contribution in [0.5, 0.6) is 17.2 Å². The Balaban J connectivity index is 1.30. The van der Waals surface area contributed by atoms with Gasteiger partial charge in [0.15, 0.2) is 17.3 Å². The third-order valence-corrected chi connectivity index (χ3v) is 7.94. The summed E-state index contributed by atoms with van der Waals surface area (Å²) in [5.74, 6) is 2.05. The van der Waals surface area contributed by atoms with Crippen LogP contribution in [0.4, 0.5) is 0 Å². The molecule has 0 spiro atoms. The highest BCUT2D eigenvalue weighted by atomic mass is 16.6. The summed E-state index contributed by atoms with van der Waals surface area (Å²) in [5.41, 5.74) is 1.42. The molecule has 0 aliphatic carbocycles. The number of fused-ring (bicyclic) bond motifs is 1. The van der Waals surface area contributed by atoms with E-state index in [0.717, 1.165) is 50.0 Å². The predicted molar refractivity (Wildman–Crippen MR) is 152 cm³/mol. The molecule has 3 atom stereocenters. The minimum absolute atomic E-state index is 0.104. The summed E-state index contributed by atoms with van der Waals surface area (Å²) in [6.45, 7) is 3.21. The average molecular weight is 554 g/mol. The van der Waals surface area contributed by atoms with Gasteiger partial charge in [-0.15, -0.1) is 0 Å². The van der Waals surface area contributed by atoms with Crippen LogP contribution in [0.15, 0.2) is 42.5 Å². The number of aliphatic hydroxyl groups is 1. The van der Waals surface area contributed by atoms with Gasteiger partial charge in [0.25, 0.3) is 0 Å². The van der Waals surface area contributed by atoms with Crippen molar-refractivity contribution in [2.45, 2.75) is 63.5 Å². The van der Waals surface area contributed by atoms with E-state index in [2.05, 4.69) is 4.90 Å².